The number of fused-ring (bicyclic) bond motifs is 1. The van der Waals surface area contributed by atoms with Crippen LogP contribution in [0.5, 0.6) is 0 Å². The van der Waals surface area contributed by atoms with Crippen molar-refractivity contribution in [3.63, 3.8) is 0 Å². The highest BCUT2D eigenvalue weighted by Gasteiger charge is 2.12. The van der Waals surface area contributed by atoms with Gasteiger partial charge in [0.05, 0.1) is 0 Å². The summed E-state index contributed by atoms with van der Waals surface area (Å²) in [5, 5.41) is 6.89. The third-order valence-corrected chi connectivity index (χ3v) is 4.93. The van der Waals surface area contributed by atoms with Gasteiger partial charge in [0.25, 0.3) is 5.56 Å². The summed E-state index contributed by atoms with van der Waals surface area (Å²) >= 11 is 0. The highest BCUT2D eigenvalue weighted by atomic mass is 16.2. The molecule has 3 N–H and O–H groups in total. The second-order valence-electron chi connectivity index (χ2n) is 7.21. The van der Waals surface area contributed by atoms with Gasteiger partial charge in [0.1, 0.15) is 12.2 Å². The fourth-order valence-corrected chi connectivity index (χ4v) is 3.24. The number of aromatic amines is 1. The van der Waals surface area contributed by atoms with Crippen LogP contribution in [-0.2, 0) is 24.3 Å². The molecule has 4 aromatic heterocycles. The van der Waals surface area contributed by atoms with Crippen molar-refractivity contribution in [3.05, 3.63) is 82.4 Å². The van der Waals surface area contributed by atoms with Crippen LogP contribution < -0.4 is 16.2 Å². The molecule has 4 rings (SSSR count). The Hall–Kier alpha value is -4.01. The van der Waals surface area contributed by atoms with Gasteiger partial charge in [-0.15, -0.1) is 0 Å². The van der Waals surface area contributed by atoms with Crippen LogP contribution in [0.25, 0.3) is 11.0 Å². The molecule has 158 valence electrons. The Balaban J connectivity index is 1.37. The molecule has 4 aromatic rings. The molecule has 0 aliphatic rings. The first-order valence-electron chi connectivity index (χ1n) is 9.98. The number of carbonyl (C=O) groups excluding carboxylic acids is 1. The lowest BCUT2D eigenvalue weighted by molar-refractivity contribution is -0.121. The van der Waals surface area contributed by atoms with Crippen molar-refractivity contribution < 1.29 is 4.79 Å². The van der Waals surface area contributed by atoms with Crippen molar-refractivity contribution in [2.24, 2.45) is 0 Å². The Bertz CT molecular complexity index is 1250. The first kappa shape index (κ1) is 20.3. The van der Waals surface area contributed by atoms with Crippen LogP contribution in [0.4, 0.5) is 5.82 Å². The summed E-state index contributed by atoms with van der Waals surface area (Å²) in [6, 6.07) is 7.74. The predicted molar refractivity (Wildman–Crippen MR) is 118 cm³/mol. The normalized spacial score (nSPS) is 10.9. The molecule has 31 heavy (non-hydrogen) atoms. The second kappa shape index (κ2) is 9.21. The number of pyridine rings is 2. The number of hydrogen-bond acceptors (Lipinski definition) is 6. The van der Waals surface area contributed by atoms with Gasteiger partial charge >= 0.3 is 0 Å². The number of aromatic nitrogens is 5. The highest BCUT2D eigenvalue weighted by molar-refractivity contribution is 5.77. The first-order valence-corrected chi connectivity index (χ1v) is 9.98. The standard InChI is InChI=1S/C22H23N7O2/c1-15-10-27-21(25-7-4-16-3-2-6-23-11-16)22(31)29(15)14-19(30)26-12-17-9-18-5-8-24-20(18)28-13-17/h2-3,5-6,8-11,13H,4,7,12,14H2,1H3,(H,24,28)(H,25,27)(H,26,30). The lowest BCUT2D eigenvalue weighted by atomic mass is 10.2. The number of nitrogens with zero attached hydrogens (tertiary/aromatic N) is 4. The molecule has 9 nitrogen and oxygen atoms in total. The van der Waals surface area contributed by atoms with E-state index in [-0.39, 0.29) is 23.8 Å². The van der Waals surface area contributed by atoms with E-state index in [0.717, 1.165) is 22.2 Å². The van der Waals surface area contributed by atoms with Crippen LogP contribution in [0.1, 0.15) is 16.8 Å². The number of amides is 1. The van der Waals surface area contributed by atoms with Gasteiger partial charge in [0.15, 0.2) is 5.82 Å². The average Bonchev–Trinajstić information content (AvgIpc) is 3.25. The number of hydrogen-bond donors (Lipinski definition) is 3. The Kier molecular flexibility index (Phi) is 6.02. The van der Waals surface area contributed by atoms with Crippen molar-refractivity contribution in [1.29, 1.82) is 0 Å². The van der Waals surface area contributed by atoms with Crippen LogP contribution in [0.2, 0.25) is 0 Å². The van der Waals surface area contributed by atoms with Gasteiger partial charge in [0, 0.05) is 55.2 Å². The van der Waals surface area contributed by atoms with Crippen molar-refractivity contribution in [3.8, 4) is 0 Å². The molecule has 0 spiro atoms. The number of nitrogens with one attached hydrogen (secondary N) is 3. The van der Waals surface area contributed by atoms with Crippen molar-refractivity contribution in [1.82, 2.24) is 29.8 Å². The van der Waals surface area contributed by atoms with Crippen LogP contribution in [0.3, 0.4) is 0 Å². The number of anilines is 1. The van der Waals surface area contributed by atoms with Gasteiger partial charge in [0.2, 0.25) is 5.91 Å². The molecule has 0 aliphatic heterocycles. The smallest absolute Gasteiger partial charge is 0.293 e. The third kappa shape index (κ3) is 4.95. The minimum absolute atomic E-state index is 0.0791. The first-order chi connectivity index (χ1) is 15.1. The van der Waals surface area contributed by atoms with E-state index < -0.39 is 0 Å². The lowest BCUT2D eigenvalue weighted by Gasteiger charge is -2.12. The van der Waals surface area contributed by atoms with Crippen LogP contribution in [0, 0.1) is 6.92 Å². The zero-order valence-corrected chi connectivity index (χ0v) is 17.1. The van der Waals surface area contributed by atoms with Crippen LogP contribution >= 0.6 is 0 Å². The number of aryl methyl sites for hydroxylation is 1. The largest absolute Gasteiger partial charge is 0.365 e. The van der Waals surface area contributed by atoms with Crippen molar-refractivity contribution in [2.75, 3.05) is 11.9 Å². The molecule has 0 saturated carbocycles. The monoisotopic (exact) mass is 417 g/mol. The molecule has 0 saturated heterocycles. The molecule has 9 heteroatoms. The minimum atomic E-state index is -0.322. The van der Waals surface area contributed by atoms with E-state index in [0.29, 0.717) is 25.2 Å². The third-order valence-electron chi connectivity index (χ3n) is 4.93. The Morgan fingerprint density at radius 3 is 2.90 bits per heavy atom. The van der Waals surface area contributed by atoms with Crippen molar-refractivity contribution >= 4 is 22.8 Å². The number of rotatable bonds is 8. The molecule has 0 aromatic carbocycles. The molecule has 0 aliphatic carbocycles. The van der Waals surface area contributed by atoms with Crippen LogP contribution in [0.15, 0.2) is 60.0 Å². The molecule has 0 atom stereocenters. The SMILES string of the molecule is Cc1cnc(NCCc2cccnc2)c(=O)n1CC(=O)NCc1cnc2[nH]ccc2c1. The van der Waals surface area contributed by atoms with E-state index >= 15 is 0 Å². The number of carbonyl (C=O) groups is 1. The van der Waals surface area contributed by atoms with E-state index in [4.69, 9.17) is 0 Å². The molecule has 4 heterocycles. The summed E-state index contributed by atoms with van der Waals surface area (Å²) < 4.78 is 1.42. The molecule has 0 fully saturated rings. The minimum Gasteiger partial charge on any atom is -0.365 e. The topological polar surface area (TPSA) is 118 Å². The Morgan fingerprint density at radius 1 is 1.16 bits per heavy atom. The summed E-state index contributed by atoms with van der Waals surface area (Å²) in [5.74, 6) is -0.0312. The van der Waals surface area contributed by atoms with Gasteiger partial charge in [-0.3, -0.25) is 19.1 Å². The maximum Gasteiger partial charge on any atom is 0.293 e. The maximum absolute atomic E-state index is 12.8. The van der Waals surface area contributed by atoms with Crippen molar-refractivity contribution in [2.45, 2.75) is 26.4 Å². The Labute approximate surface area is 178 Å². The van der Waals surface area contributed by atoms with E-state index in [1.807, 2.05) is 30.5 Å². The zero-order chi connectivity index (χ0) is 21.6. The van der Waals surface area contributed by atoms with E-state index in [1.54, 1.807) is 31.7 Å². The maximum atomic E-state index is 12.8. The summed E-state index contributed by atoms with van der Waals surface area (Å²) in [4.78, 5) is 40.9. The summed E-state index contributed by atoms with van der Waals surface area (Å²) in [7, 11) is 0. The molecular weight excluding hydrogens is 394 g/mol. The average molecular weight is 417 g/mol. The Morgan fingerprint density at radius 2 is 2.06 bits per heavy atom. The van der Waals surface area contributed by atoms with Gasteiger partial charge in [-0.1, -0.05) is 6.07 Å². The fraction of sp³-hybridized carbons (Fsp3) is 0.227. The summed E-state index contributed by atoms with van der Waals surface area (Å²) in [6.07, 6.45) is 9.34. The predicted octanol–water partition coefficient (Wildman–Crippen LogP) is 1.79. The molecule has 0 bridgehead atoms. The molecule has 0 unspecified atom stereocenters. The van der Waals surface area contributed by atoms with E-state index in [2.05, 4.69) is 30.6 Å². The second-order valence-corrected chi connectivity index (χ2v) is 7.21. The van der Waals surface area contributed by atoms with Crippen LogP contribution in [-0.4, -0.2) is 37.0 Å². The van der Waals surface area contributed by atoms with Gasteiger partial charge < -0.3 is 15.6 Å². The molecule has 0 radical (unpaired) electrons. The fourth-order valence-electron chi connectivity index (χ4n) is 3.24. The number of H-pyrrole nitrogens is 1. The zero-order valence-electron chi connectivity index (χ0n) is 17.1. The molecular formula is C22H23N7O2. The van der Waals surface area contributed by atoms with E-state index in [9.17, 15) is 9.59 Å². The summed E-state index contributed by atoms with van der Waals surface area (Å²) in [5.41, 5.74) is 3.05. The highest BCUT2D eigenvalue weighted by Crippen LogP contribution is 2.11. The lowest BCUT2D eigenvalue weighted by Crippen LogP contribution is -2.34. The quantitative estimate of drug-likeness (QED) is 0.402. The van der Waals surface area contributed by atoms with E-state index in [1.165, 1.54) is 4.57 Å². The van der Waals surface area contributed by atoms with Gasteiger partial charge in [-0.05, 0) is 42.7 Å². The summed E-state index contributed by atoms with van der Waals surface area (Å²) in [6.45, 7) is 2.55. The van der Waals surface area contributed by atoms with Gasteiger partial charge in [-0.25, -0.2) is 9.97 Å². The van der Waals surface area contributed by atoms with Gasteiger partial charge in [-0.2, -0.15) is 0 Å². The molecule has 1 amide bonds.